The predicted molar refractivity (Wildman–Crippen MR) is 69.3 cm³/mol. The maximum absolute atomic E-state index is 9.60. The van der Waals surface area contributed by atoms with E-state index in [1.54, 1.807) is 14.2 Å². The lowest BCUT2D eigenvalue weighted by Crippen LogP contribution is -2.59. The molecular weight excluding hydrogens is 242 g/mol. The van der Waals surface area contributed by atoms with Crippen LogP contribution in [0.4, 0.5) is 0 Å². The molecule has 3 rings (SSSR count). The van der Waals surface area contributed by atoms with Crippen LogP contribution in [0.1, 0.15) is 18.4 Å². The van der Waals surface area contributed by atoms with Crippen molar-refractivity contribution in [3.63, 3.8) is 0 Å². The Labute approximate surface area is 112 Å². The second-order valence-electron chi connectivity index (χ2n) is 5.64. The Hall–Kier alpha value is -1.73. The van der Waals surface area contributed by atoms with Crippen molar-refractivity contribution in [1.82, 2.24) is 0 Å². The zero-order valence-electron chi connectivity index (χ0n) is 11.2. The molecule has 0 amide bonds. The lowest BCUT2D eigenvalue weighted by molar-refractivity contribution is -0.178. The summed E-state index contributed by atoms with van der Waals surface area (Å²) in [5.74, 6) is 1.46. The van der Waals surface area contributed by atoms with Crippen molar-refractivity contribution < 1.29 is 14.2 Å². The van der Waals surface area contributed by atoms with Gasteiger partial charge in [0.15, 0.2) is 0 Å². The van der Waals surface area contributed by atoms with E-state index >= 15 is 0 Å². The third kappa shape index (κ3) is 1.77. The van der Waals surface area contributed by atoms with Gasteiger partial charge in [-0.05, 0) is 30.5 Å². The molecule has 4 heteroatoms. The zero-order valence-corrected chi connectivity index (χ0v) is 11.2. The first-order chi connectivity index (χ1) is 9.15. The molecular formula is C15H17NO3. The molecule has 4 nitrogen and oxygen atoms in total. The SMILES string of the molecule is COc1cc(OC)cc(C2(C#N)CC3(COC3)C2)c1. The minimum atomic E-state index is -0.411. The monoisotopic (exact) mass is 259 g/mol. The Morgan fingerprint density at radius 1 is 1.11 bits per heavy atom. The van der Waals surface area contributed by atoms with E-state index in [0.29, 0.717) is 0 Å². The summed E-state index contributed by atoms with van der Waals surface area (Å²) < 4.78 is 15.9. The van der Waals surface area contributed by atoms with Gasteiger partial charge < -0.3 is 14.2 Å². The molecule has 1 aliphatic carbocycles. The van der Waals surface area contributed by atoms with Crippen LogP contribution in [-0.4, -0.2) is 27.4 Å². The third-order valence-electron chi connectivity index (χ3n) is 4.29. The molecule has 2 fully saturated rings. The lowest BCUT2D eigenvalue weighted by atomic mass is 9.50. The summed E-state index contributed by atoms with van der Waals surface area (Å²) in [6.07, 6.45) is 1.74. The van der Waals surface area contributed by atoms with E-state index in [4.69, 9.17) is 14.2 Å². The van der Waals surface area contributed by atoms with E-state index in [1.165, 1.54) is 0 Å². The highest BCUT2D eigenvalue weighted by Gasteiger charge is 2.59. The van der Waals surface area contributed by atoms with Gasteiger partial charge in [0.25, 0.3) is 0 Å². The van der Waals surface area contributed by atoms with E-state index in [-0.39, 0.29) is 5.41 Å². The average Bonchev–Trinajstić information content (AvgIpc) is 2.36. The fourth-order valence-electron chi connectivity index (χ4n) is 3.25. The minimum absolute atomic E-state index is 0.242. The molecule has 0 radical (unpaired) electrons. The molecule has 1 aromatic carbocycles. The number of methoxy groups -OCH3 is 2. The van der Waals surface area contributed by atoms with Crippen molar-refractivity contribution in [3.05, 3.63) is 23.8 Å². The molecule has 1 saturated carbocycles. The van der Waals surface area contributed by atoms with Crippen LogP contribution < -0.4 is 9.47 Å². The molecule has 2 aliphatic rings. The van der Waals surface area contributed by atoms with Gasteiger partial charge in [-0.1, -0.05) is 0 Å². The first-order valence-electron chi connectivity index (χ1n) is 6.38. The van der Waals surface area contributed by atoms with Gasteiger partial charge in [0.2, 0.25) is 0 Å². The van der Waals surface area contributed by atoms with Gasteiger partial charge in [-0.25, -0.2) is 0 Å². The van der Waals surface area contributed by atoms with Crippen LogP contribution in [-0.2, 0) is 10.2 Å². The molecule has 0 N–H and O–H groups in total. The smallest absolute Gasteiger partial charge is 0.122 e. The minimum Gasteiger partial charge on any atom is -0.497 e. The van der Waals surface area contributed by atoms with Gasteiger partial charge in [-0.3, -0.25) is 0 Å². The van der Waals surface area contributed by atoms with Crippen LogP contribution in [0, 0.1) is 16.7 Å². The molecule has 1 heterocycles. The maximum Gasteiger partial charge on any atom is 0.122 e. The molecule has 0 bridgehead atoms. The topological polar surface area (TPSA) is 51.5 Å². The fraction of sp³-hybridized carbons (Fsp3) is 0.533. The molecule has 1 aromatic rings. The summed E-state index contributed by atoms with van der Waals surface area (Å²) in [4.78, 5) is 0. The first kappa shape index (κ1) is 12.3. The van der Waals surface area contributed by atoms with E-state index in [1.807, 2.05) is 18.2 Å². The lowest BCUT2D eigenvalue weighted by Gasteiger charge is -2.57. The second-order valence-corrected chi connectivity index (χ2v) is 5.64. The molecule has 19 heavy (non-hydrogen) atoms. The first-order valence-corrected chi connectivity index (χ1v) is 6.38. The van der Waals surface area contributed by atoms with Crippen LogP contribution in [0.25, 0.3) is 0 Å². The summed E-state index contributed by atoms with van der Waals surface area (Å²) in [5.41, 5.74) is 0.821. The van der Waals surface area contributed by atoms with Gasteiger partial charge in [-0.2, -0.15) is 5.26 Å². The van der Waals surface area contributed by atoms with E-state index in [9.17, 15) is 5.26 Å². The van der Waals surface area contributed by atoms with Crippen molar-refractivity contribution >= 4 is 0 Å². The highest BCUT2D eigenvalue weighted by atomic mass is 16.5. The second kappa shape index (κ2) is 4.14. The number of hydrogen-bond donors (Lipinski definition) is 0. The average molecular weight is 259 g/mol. The summed E-state index contributed by atoms with van der Waals surface area (Å²) in [7, 11) is 3.25. The van der Waals surface area contributed by atoms with Gasteiger partial charge in [0.1, 0.15) is 11.5 Å². The molecule has 1 aliphatic heterocycles. The molecule has 0 atom stereocenters. The number of benzene rings is 1. The summed E-state index contributed by atoms with van der Waals surface area (Å²) in [5, 5.41) is 9.60. The van der Waals surface area contributed by atoms with E-state index < -0.39 is 5.41 Å². The summed E-state index contributed by atoms with van der Waals surface area (Å²) in [6, 6.07) is 8.20. The maximum atomic E-state index is 9.60. The Bertz CT molecular complexity index is 513. The Morgan fingerprint density at radius 3 is 2.05 bits per heavy atom. The zero-order chi connectivity index (χ0) is 13.5. The van der Waals surface area contributed by atoms with Crippen molar-refractivity contribution in [2.45, 2.75) is 18.3 Å². The number of nitriles is 1. The predicted octanol–water partition coefficient (Wildman–Crippen LogP) is 2.28. The Morgan fingerprint density at radius 2 is 1.68 bits per heavy atom. The largest absolute Gasteiger partial charge is 0.497 e. The third-order valence-corrected chi connectivity index (χ3v) is 4.29. The van der Waals surface area contributed by atoms with Crippen molar-refractivity contribution in [2.75, 3.05) is 27.4 Å². The molecule has 1 spiro atoms. The Balaban J connectivity index is 1.94. The molecule has 1 saturated heterocycles. The van der Waals surface area contributed by atoms with Gasteiger partial charge in [-0.15, -0.1) is 0 Å². The van der Waals surface area contributed by atoms with Crippen LogP contribution in [0.15, 0.2) is 18.2 Å². The van der Waals surface area contributed by atoms with E-state index in [2.05, 4.69) is 6.07 Å². The highest BCUT2D eigenvalue weighted by Crippen LogP contribution is 2.59. The van der Waals surface area contributed by atoms with Gasteiger partial charge >= 0.3 is 0 Å². The fourth-order valence-corrected chi connectivity index (χ4v) is 3.25. The molecule has 0 aromatic heterocycles. The normalized spacial score (nSPS) is 21.9. The van der Waals surface area contributed by atoms with Crippen molar-refractivity contribution in [3.8, 4) is 17.6 Å². The summed E-state index contributed by atoms with van der Waals surface area (Å²) in [6.45, 7) is 1.58. The highest BCUT2D eigenvalue weighted by molar-refractivity contribution is 5.47. The van der Waals surface area contributed by atoms with Gasteiger partial charge in [0, 0.05) is 11.5 Å². The number of rotatable bonds is 3. The van der Waals surface area contributed by atoms with Crippen LogP contribution >= 0.6 is 0 Å². The standard InChI is InChI=1S/C15H17NO3/c1-17-12-3-11(4-13(5-12)18-2)15(8-16)6-14(7-15)9-19-10-14/h3-5H,6-7,9-10H2,1-2H3. The van der Waals surface area contributed by atoms with Crippen LogP contribution in [0.3, 0.4) is 0 Å². The number of ether oxygens (including phenoxy) is 3. The van der Waals surface area contributed by atoms with Gasteiger partial charge in [0.05, 0.1) is 38.9 Å². The van der Waals surface area contributed by atoms with Crippen molar-refractivity contribution in [2.24, 2.45) is 5.41 Å². The summed E-state index contributed by atoms with van der Waals surface area (Å²) >= 11 is 0. The van der Waals surface area contributed by atoms with E-state index in [0.717, 1.165) is 43.1 Å². The van der Waals surface area contributed by atoms with Crippen molar-refractivity contribution in [1.29, 1.82) is 5.26 Å². The molecule has 0 unspecified atom stereocenters. The van der Waals surface area contributed by atoms with Crippen LogP contribution in [0.5, 0.6) is 11.5 Å². The Kier molecular flexibility index (Phi) is 2.68. The van der Waals surface area contributed by atoms with Crippen LogP contribution in [0.2, 0.25) is 0 Å². The number of hydrogen-bond acceptors (Lipinski definition) is 4. The molecule has 100 valence electrons. The quantitative estimate of drug-likeness (QED) is 0.835. The number of nitrogens with zero attached hydrogens (tertiary/aromatic N) is 1.